The molecule has 0 N–H and O–H groups in total. The van der Waals surface area contributed by atoms with Crippen molar-refractivity contribution in [2.75, 3.05) is 13.6 Å². The first-order valence-corrected chi connectivity index (χ1v) is 6.36. The van der Waals surface area contributed by atoms with Gasteiger partial charge in [-0.25, -0.2) is 4.79 Å². The number of carbonyl (C=O) groups is 1. The average Bonchev–Trinajstić information content (AvgIpc) is 2.34. The molecule has 0 radical (unpaired) electrons. The maximum absolute atomic E-state index is 11.8. The number of nitro benzene ring substituents is 1. The van der Waals surface area contributed by atoms with Crippen LogP contribution in [0, 0.1) is 10.1 Å². The predicted molar refractivity (Wildman–Crippen MR) is 75.7 cm³/mol. The lowest BCUT2D eigenvalue weighted by atomic mass is 10.1. The van der Waals surface area contributed by atoms with Gasteiger partial charge in [0.15, 0.2) is 0 Å². The first kappa shape index (κ1) is 15.9. The van der Waals surface area contributed by atoms with Crippen molar-refractivity contribution in [3.8, 4) is 0 Å². The molecule has 0 aromatic heterocycles. The highest BCUT2D eigenvalue weighted by Gasteiger charge is 2.19. The van der Waals surface area contributed by atoms with Crippen LogP contribution in [0.25, 0.3) is 0 Å². The molecule has 0 saturated heterocycles. The van der Waals surface area contributed by atoms with E-state index >= 15 is 0 Å². The number of likely N-dealkylation sites (N-methyl/N-ethyl adjacent to an activating group) is 1. The zero-order valence-corrected chi connectivity index (χ0v) is 12.3. The topological polar surface area (TPSA) is 72.7 Å². The van der Waals surface area contributed by atoms with Crippen molar-refractivity contribution >= 4 is 11.8 Å². The molecule has 0 aliphatic heterocycles. The molecule has 1 aromatic carbocycles. The van der Waals surface area contributed by atoms with E-state index in [1.54, 1.807) is 40.0 Å². The number of amides is 1. The molecule has 1 aromatic rings. The van der Waals surface area contributed by atoms with Crippen molar-refractivity contribution in [1.29, 1.82) is 0 Å². The SMILES string of the molecule is CN(CCc1cccc([N+](=O)[O-])c1)C(=O)OC(C)(C)C. The maximum atomic E-state index is 11.8. The Balaban J connectivity index is 2.56. The third kappa shape index (κ3) is 5.26. The number of nitro groups is 1. The van der Waals surface area contributed by atoms with Crippen LogP contribution in [-0.4, -0.2) is 35.1 Å². The largest absolute Gasteiger partial charge is 0.444 e. The Kier molecular flexibility index (Phi) is 5.07. The second-order valence-corrected chi connectivity index (χ2v) is 5.58. The van der Waals surface area contributed by atoms with Gasteiger partial charge < -0.3 is 9.64 Å². The van der Waals surface area contributed by atoms with Gasteiger partial charge in [0.05, 0.1) is 4.92 Å². The summed E-state index contributed by atoms with van der Waals surface area (Å²) in [6.45, 7) is 5.86. The van der Waals surface area contributed by atoms with Crippen molar-refractivity contribution in [2.24, 2.45) is 0 Å². The summed E-state index contributed by atoms with van der Waals surface area (Å²) in [5.74, 6) is 0. The molecule has 0 bridgehead atoms. The number of rotatable bonds is 4. The van der Waals surface area contributed by atoms with E-state index in [1.165, 1.54) is 17.0 Å². The second-order valence-electron chi connectivity index (χ2n) is 5.58. The van der Waals surface area contributed by atoms with Gasteiger partial charge in [-0.3, -0.25) is 10.1 Å². The summed E-state index contributed by atoms with van der Waals surface area (Å²) in [5.41, 5.74) is 0.341. The van der Waals surface area contributed by atoms with Crippen LogP contribution in [0.15, 0.2) is 24.3 Å². The van der Waals surface area contributed by atoms with Gasteiger partial charge in [0, 0.05) is 25.7 Å². The maximum Gasteiger partial charge on any atom is 0.410 e. The van der Waals surface area contributed by atoms with Gasteiger partial charge in [-0.15, -0.1) is 0 Å². The van der Waals surface area contributed by atoms with Crippen molar-refractivity contribution < 1.29 is 14.5 Å². The minimum Gasteiger partial charge on any atom is -0.444 e. The molecular weight excluding hydrogens is 260 g/mol. The summed E-state index contributed by atoms with van der Waals surface area (Å²) in [4.78, 5) is 23.5. The minimum atomic E-state index is -0.531. The summed E-state index contributed by atoms with van der Waals surface area (Å²) in [6.07, 6.45) is 0.139. The van der Waals surface area contributed by atoms with Gasteiger partial charge in [-0.2, -0.15) is 0 Å². The molecule has 20 heavy (non-hydrogen) atoms. The standard InChI is InChI=1S/C14H20N2O4/c1-14(2,3)20-13(17)15(4)9-8-11-6-5-7-12(10-11)16(18)19/h5-7,10H,8-9H2,1-4H3. The molecule has 6 nitrogen and oxygen atoms in total. The smallest absolute Gasteiger partial charge is 0.410 e. The molecule has 0 fully saturated rings. The summed E-state index contributed by atoms with van der Waals surface area (Å²) in [7, 11) is 1.64. The van der Waals surface area contributed by atoms with Crippen LogP contribution in [0.2, 0.25) is 0 Å². The lowest BCUT2D eigenvalue weighted by Crippen LogP contribution is -2.35. The van der Waals surface area contributed by atoms with Gasteiger partial charge in [0.25, 0.3) is 5.69 Å². The van der Waals surface area contributed by atoms with E-state index < -0.39 is 16.6 Å². The normalized spacial score (nSPS) is 11.0. The van der Waals surface area contributed by atoms with Gasteiger partial charge in [-0.05, 0) is 32.8 Å². The number of carbonyl (C=O) groups excluding carboxylic acids is 1. The summed E-state index contributed by atoms with van der Waals surface area (Å²) in [6, 6.07) is 6.40. The number of benzene rings is 1. The van der Waals surface area contributed by atoms with Crippen molar-refractivity contribution in [3.63, 3.8) is 0 Å². The number of hydrogen-bond donors (Lipinski definition) is 0. The summed E-state index contributed by atoms with van der Waals surface area (Å²) < 4.78 is 5.23. The zero-order chi connectivity index (χ0) is 15.3. The molecule has 6 heteroatoms. The first-order valence-electron chi connectivity index (χ1n) is 6.36. The Bertz CT molecular complexity index is 494. The molecule has 0 saturated carbocycles. The van der Waals surface area contributed by atoms with Gasteiger partial charge in [0.2, 0.25) is 0 Å². The van der Waals surface area contributed by atoms with Crippen LogP contribution in [0.3, 0.4) is 0 Å². The number of ether oxygens (including phenoxy) is 1. The number of nitrogens with zero attached hydrogens (tertiary/aromatic N) is 2. The van der Waals surface area contributed by atoms with E-state index in [-0.39, 0.29) is 5.69 Å². The molecule has 110 valence electrons. The third-order valence-electron chi connectivity index (χ3n) is 2.56. The fraction of sp³-hybridized carbons (Fsp3) is 0.500. The van der Waals surface area contributed by atoms with Gasteiger partial charge in [0.1, 0.15) is 5.60 Å². The quantitative estimate of drug-likeness (QED) is 0.627. The van der Waals surface area contributed by atoms with Crippen LogP contribution in [0.4, 0.5) is 10.5 Å². The van der Waals surface area contributed by atoms with E-state index in [4.69, 9.17) is 4.74 Å². The van der Waals surface area contributed by atoms with Crippen LogP contribution in [-0.2, 0) is 11.2 Å². The fourth-order valence-electron chi connectivity index (χ4n) is 1.55. The van der Waals surface area contributed by atoms with E-state index in [1.807, 2.05) is 0 Å². The van der Waals surface area contributed by atoms with Gasteiger partial charge >= 0.3 is 6.09 Å². The highest BCUT2D eigenvalue weighted by atomic mass is 16.6. The Morgan fingerprint density at radius 1 is 1.40 bits per heavy atom. The summed E-state index contributed by atoms with van der Waals surface area (Å²) in [5, 5.41) is 10.7. The van der Waals surface area contributed by atoms with Crippen LogP contribution >= 0.6 is 0 Å². The number of hydrogen-bond acceptors (Lipinski definition) is 4. The first-order chi connectivity index (χ1) is 9.19. The molecule has 0 unspecified atom stereocenters. The molecule has 0 spiro atoms. The van der Waals surface area contributed by atoms with E-state index in [9.17, 15) is 14.9 Å². The van der Waals surface area contributed by atoms with Crippen molar-refractivity contribution in [1.82, 2.24) is 4.90 Å². The third-order valence-corrected chi connectivity index (χ3v) is 2.56. The van der Waals surface area contributed by atoms with Crippen molar-refractivity contribution in [3.05, 3.63) is 39.9 Å². The van der Waals surface area contributed by atoms with Crippen LogP contribution in [0.1, 0.15) is 26.3 Å². The summed E-state index contributed by atoms with van der Waals surface area (Å²) >= 11 is 0. The highest BCUT2D eigenvalue weighted by molar-refractivity contribution is 5.67. The van der Waals surface area contributed by atoms with E-state index in [0.717, 1.165) is 5.56 Å². The highest BCUT2D eigenvalue weighted by Crippen LogP contribution is 2.14. The predicted octanol–water partition coefficient (Wildman–Crippen LogP) is 3.00. The monoisotopic (exact) mass is 280 g/mol. The molecule has 0 aliphatic rings. The number of non-ortho nitro benzene ring substituents is 1. The molecule has 1 rings (SSSR count). The van der Waals surface area contributed by atoms with E-state index in [0.29, 0.717) is 13.0 Å². The lowest BCUT2D eigenvalue weighted by molar-refractivity contribution is -0.384. The molecule has 1 amide bonds. The molecule has 0 heterocycles. The Hall–Kier alpha value is -2.11. The Labute approximate surface area is 118 Å². The lowest BCUT2D eigenvalue weighted by Gasteiger charge is -2.24. The molecular formula is C14H20N2O4. The average molecular weight is 280 g/mol. The Morgan fingerprint density at radius 2 is 2.05 bits per heavy atom. The zero-order valence-electron chi connectivity index (χ0n) is 12.3. The van der Waals surface area contributed by atoms with Gasteiger partial charge in [-0.1, -0.05) is 12.1 Å². The Morgan fingerprint density at radius 3 is 2.60 bits per heavy atom. The second kappa shape index (κ2) is 6.36. The van der Waals surface area contributed by atoms with Crippen molar-refractivity contribution in [2.45, 2.75) is 32.8 Å². The van der Waals surface area contributed by atoms with Crippen LogP contribution < -0.4 is 0 Å². The molecule has 0 aliphatic carbocycles. The molecule has 0 atom stereocenters. The fourth-order valence-corrected chi connectivity index (χ4v) is 1.55. The van der Waals surface area contributed by atoms with Crippen LogP contribution in [0.5, 0.6) is 0 Å². The minimum absolute atomic E-state index is 0.0578. The van der Waals surface area contributed by atoms with E-state index in [2.05, 4.69) is 0 Å².